The molecule has 0 bridgehead atoms. The summed E-state index contributed by atoms with van der Waals surface area (Å²) in [6, 6.07) is 0. The predicted molar refractivity (Wildman–Crippen MR) is 16.3 cm³/mol. The molecule has 0 rings (SSSR count). The van der Waals surface area contributed by atoms with Crippen LogP contribution in [0.25, 0.3) is 0 Å². The number of hydrogen-bond donors (Lipinski definition) is 0. The fourth-order valence-corrected chi connectivity index (χ4v) is 0. The highest BCUT2D eigenvalue weighted by Crippen LogP contribution is 2.17. The van der Waals surface area contributed by atoms with Crippen LogP contribution in [0.15, 0.2) is 0 Å². The van der Waals surface area contributed by atoms with Crippen LogP contribution in [0.1, 0.15) is 16.0 Å². The van der Waals surface area contributed by atoms with Gasteiger partial charge in [0.25, 0.3) is 0 Å². The lowest BCUT2D eigenvalue weighted by Gasteiger charge is -1.96. The molecule has 38 valence electrons. The molecule has 0 nitrogen and oxygen atoms in total. The molecule has 0 aliphatic rings. The SMILES string of the molecule is [2H]C([2H])(C)C(F)(F)F. The lowest BCUT2D eigenvalue weighted by Crippen LogP contribution is -2.02. The van der Waals surface area contributed by atoms with E-state index in [0.29, 0.717) is 6.92 Å². The summed E-state index contributed by atoms with van der Waals surface area (Å²) in [7, 11) is 0. The van der Waals surface area contributed by atoms with Crippen LogP contribution in [0.5, 0.6) is 0 Å². The van der Waals surface area contributed by atoms with Gasteiger partial charge < -0.3 is 0 Å². The number of rotatable bonds is 0. The molecule has 0 aliphatic carbocycles. The minimum Gasteiger partial charge on any atom is -0.171 e. The molecule has 0 amide bonds. The highest BCUT2D eigenvalue weighted by Gasteiger charge is 2.22. The summed E-state index contributed by atoms with van der Waals surface area (Å²) in [5, 5.41) is 0. The van der Waals surface area contributed by atoms with Crippen molar-refractivity contribution in [3.05, 3.63) is 0 Å². The van der Waals surface area contributed by atoms with Gasteiger partial charge in [-0.15, -0.1) is 0 Å². The first kappa shape index (κ1) is 2.88. The topological polar surface area (TPSA) is 0 Å². The second-order valence-corrected chi connectivity index (χ2v) is 0.748. The Morgan fingerprint density at radius 1 is 1.67 bits per heavy atom. The molecular weight excluding hydrogens is 93.0 g/mol. The molecule has 0 aromatic rings. The normalized spacial score (nSPS) is 19.3. The van der Waals surface area contributed by atoms with Gasteiger partial charge in [0.15, 0.2) is 0 Å². The largest absolute Gasteiger partial charge is 0.388 e. The van der Waals surface area contributed by atoms with Gasteiger partial charge in [0.05, 0.1) is 0 Å². The summed E-state index contributed by atoms with van der Waals surface area (Å²) in [6.45, 7) is 0.479. The van der Waals surface area contributed by atoms with Crippen molar-refractivity contribution >= 4 is 0 Å². The van der Waals surface area contributed by atoms with Crippen molar-refractivity contribution in [2.24, 2.45) is 0 Å². The van der Waals surface area contributed by atoms with E-state index in [1.54, 1.807) is 0 Å². The van der Waals surface area contributed by atoms with Gasteiger partial charge in [0, 0.05) is 9.11 Å². The smallest absolute Gasteiger partial charge is 0.171 e. The minimum atomic E-state index is -4.73. The van der Waals surface area contributed by atoms with Gasteiger partial charge in [-0.3, -0.25) is 0 Å². The summed E-state index contributed by atoms with van der Waals surface area (Å²) in [4.78, 5) is 0. The second-order valence-electron chi connectivity index (χ2n) is 0.748. The fourth-order valence-electron chi connectivity index (χ4n) is 0. The first-order chi connectivity index (χ1) is 3.25. The number of hydrogen-bond acceptors (Lipinski definition) is 0. The molecule has 0 saturated heterocycles. The molecule has 0 N–H and O–H groups in total. The Hall–Kier alpha value is -0.210. The third-order valence-electron chi connectivity index (χ3n) is 0.283. The van der Waals surface area contributed by atoms with Crippen molar-refractivity contribution in [1.29, 1.82) is 0 Å². The summed E-state index contributed by atoms with van der Waals surface area (Å²) in [6.07, 6.45) is -7.79. The molecule has 0 spiro atoms. The Bertz CT molecular complexity index is 67.5. The summed E-state index contributed by atoms with van der Waals surface area (Å²) < 4.78 is 45.8. The van der Waals surface area contributed by atoms with E-state index in [9.17, 15) is 13.2 Å². The van der Waals surface area contributed by atoms with Crippen LogP contribution < -0.4 is 0 Å². The quantitative estimate of drug-likeness (QED) is 0.436. The van der Waals surface area contributed by atoms with Crippen molar-refractivity contribution in [3.8, 4) is 0 Å². The highest BCUT2D eigenvalue weighted by atomic mass is 19.4. The van der Waals surface area contributed by atoms with E-state index in [1.165, 1.54) is 0 Å². The van der Waals surface area contributed by atoms with Crippen molar-refractivity contribution in [1.82, 2.24) is 0 Å². The molecule has 0 aromatic heterocycles. The standard InChI is InChI=1S/C3H5F3/c1-2-3(4,5)6/h2H2,1H3/i2D2. The summed E-state index contributed by atoms with van der Waals surface area (Å²) in [5.41, 5.74) is 0. The molecule has 0 aromatic carbocycles. The van der Waals surface area contributed by atoms with Gasteiger partial charge in [-0.2, -0.15) is 13.2 Å². The maximum absolute atomic E-state index is 11.2. The zero-order chi connectivity index (χ0) is 7.00. The molecular formula is C3H5F3. The molecule has 3 heteroatoms. The molecule has 0 fully saturated rings. The molecule has 0 atom stereocenters. The Labute approximate surface area is 36.8 Å². The Morgan fingerprint density at radius 2 is 1.83 bits per heavy atom. The van der Waals surface area contributed by atoms with E-state index in [2.05, 4.69) is 0 Å². The third kappa shape index (κ3) is 3.79. The minimum absolute atomic E-state index is 0.479. The first-order valence-corrected chi connectivity index (χ1v) is 1.32. The first-order valence-electron chi connectivity index (χ1n) is 2.32. The number of alkyl halides is 3. The number of halogens is 3. The van der Waals surface area contributed by atoms with Crippen LogP contribution in [-0.2, 0) is 0 Å². The molecule has 0 unspecified atom stereocenters. The lowest BCUT2D eigenvalue weighted by atomic mass is 10.5. The third-order valence-corrected chi connectivity index (χ3v) is 0.283. The molecule has 0 aliphatic heterocycles. The van der Waals surface area contributed by atoms with Crippen LogP contribution in [0, 0.1) is 0 Å². The zero-order valence-corrected chi connectivity index (χ0v) is 3.13. The van der Waals surface area contributed by atoms with Crippen LogP contribution in [-0.4, -0.2) is 6.18 Å². The summed E-state index contributed by atoms with van der Waals surface area (Å²) >= 11 is 0. The Morgan fingerprint density at radius 3 is 1.83 bits per heavy atom. The molecule has 0 heterocycles. The lowest BCUT2D eigenvalue weighted by molar-refractivity contribution is -0.130. The van der Waals surface area contributed by atoms with Crippen LogP contribution in [0.3, 0.4) is 0 Å². The highest BCUT2D eigenvalue weighted by molar-refractivity contribution is 4.39. The van der Waals surface area contributed by atoms with E-state index in [1.807, 2.05) is 0 Å². The maximum atomic E-state index is 11.2. The van der Waals surface area contributed by atoms with E-state index in [-0.39, 0.29) is 0 Å². The van der Waals surface area contributed by atoms with Crippen LogP contribution in [0.4, 0.5) is 13.2 Å². The van der Waals surface area contributed by atoms with Gasteiger partial charge >= 0.3 is 6.18 Å². The average molecular weight is 100 g/mol. The Balaban J connectivity index is 4.02. The van der Waals surface area contributed by atoms with E-state index < -0.39 is 12.5 Å². The van der Waals surface area contributed by atoms with Crippen molar-refractivity contribution in [3.63, 3.8) is 0 Å². The van der Waals surface area contributed by atoms with Gasteiger partial charge in [-0.05, 0) is 0 Å². The zero-order valence-electron chi connectivity index (χ0n) is 5.13. The molecule has 0 radical (unpaired) electrons. The fraction of sp³-hybridized carbons (Fsp3) is 1.00. The van der Waals surface area contributed by atoms with Crippen molar-refractivity contribution < 1.29 is 15.9 Å². The van der Waals surface area contributed by atoms with Gasteiger partial charge in [-0.1, -0.05) is 6.92 Å². The average Bonchev–Trinajstić information content (AvgIpc) is 1.25. The van der Waals surface area contributed by atoms with E-state index in [0.717, 1.165) is 0 Å². The van der Waals surface area contributed by atoms with Crippen molar-refractivity contribution in [2.75, 3.05) is 0 Å². The molecule has 6 heavy (non-hydrogen) atoms. The van der Waals surface area contributed by atoms with Gasteiger partial charge in [0.2, 0.25) is 0 Å². The van der Waals surface area contributed by atoms with Gasteiger partial charge in [0.1, 0.15) is 0 Å². The van der Waals surface area contributed by atoms with E-state index >= 15 is 0 Å². The molecule has 0 saturated carbocycles. The van der Waals surface area contributed by atoms with E-state index in [4.69, 9.17) is 2.74 Å². The monoisotopic (exact) mass is 100 g/mol. The predicted octanol–water partition coefficient (Wildman–Crippen LogP) is 1.96. The van der Waals surface area contributed by atoms with Crippen LogP contribution in [0.2, 0.25) is 0 Å². The maximum Gasteiger partial charge on any atom is 0.388 e. The van der Waals surface area contributed by atoms with Crippen molar-refractivity contribution in [2.45, 2.75) is 19.5 Å². The summed E-state index contributed by atoms with van der Waals surface area (Å²) in [5.74, 6) is 0. The van der Waals surface area contributed by atoms with Gasteiger partial charge in [-0.25, -0.2) is 0 Å². The second kappa shape index (κ2) is 1.49. The Kier molecular flexibility index (Phi) is 0.717. The van der Waals surface area contributed by atoms with Crippen LogP contribution >= 0.6 is 0 Å².